The van der Waals surface area contributed by atoms with Crippen molar-refractivity contribution in [3.05, 3.63) is 29.8 Å². The monoisotopic (exact) mass is 378 g/mol. The van der Waals surface area contributed by atoms with Crippen molar-refractivity contribution in [3.8, 4) is 11.4 Å². The fourth-order valence-corrected chi connectivity index (χ4v) is 2.99. The molecule has 2 aromatic rings. The number of benzene rings is 1. The third-order valence-corrected chi connectivity index (χ3v) is 4.33. The van der Waals surface area contributed by atoms with Gasteiger partial charge in [0.2, 0.25) is 5.91 Å². The maximum Gasteiger partial charge on any atom is 0.413 e. The Kier molecular flexibility index (Phi) is 7.61. The average Bonchev–Trinajstić information content (AvgIpc) is 3.01. The molecule has 2 amide bonds. The van der Waals surface area contributed by atoms with E-state index in [2.05, 4.69) is 20.3 Å². The number of carbonyl (C=O) groups excluding carboxylic acids is 2. The number of methoxy groups -OCH3 is 1. The second kappa shape index (κ2) is 9.93. The van der Waals surface area contributed by atoms with Gasteiger partial charge in [0.25, 0.3) is 0 Å². The normalized spacial score (nSPS) is 10.6. The molecule has 0 bridgehead atoms. The first-order valence-corrected chi connectivity index (χ1v) is 9.12. The Bertz CT molecular complexity index is 763. The fourth-order valence-electron chi connectivity index (χ4n) is 2.22. The van der Waals surface area contributed by atoms with Crippen molar-refractivity contribution in [2.45, 2.75) is 25.5 Å². The van der Waals surface area contributed by atoms with Gasteiger partial charge >= 0.3 is 6.09 Å². The van der Waals surface area contributed by atoms with Crippen LogP contribution >= 0.6 is 11.8 Å². The Morgan fingerprint density at radius 3 is 2.81 bits per heavy atom. The smallest absolute Gasteiger partial charge is 0.413 e. The number of ether oxygens (including phenoxy) is 2. The van der Waals surface area contributed by atoms with Crippen molar-refractivity contribution in [2.75, 3.05) is 26.1 Å². The highest BCUT2D eigenvalue weighted by molar-refractivity contribution is 7.99. The molecule has 0 fully saturated rings. The molecular weight excluding hydrogens is 356 g/mol. The lowest BCUT2D eigenvalue weighted by molar-refractivity contribution is -0.117. The van der Waals surface area contributed by atoms with Gasteiger partial charge in [0, 0.05) is 12.7 Å². The highest BCUT2D eigenvalue weighted by Gasteiger charge is 2.16. The topological polar surface area (TPSA) is 95.3 Å². The zero-order valence-electron chi connectivity index (χ0n) is 15.0. The van der Waals surface area contributed by atoms with Crippen LogP contribution in [0.5, 0.6) is 0 Å². The molecule has 1 N–H and O–H groups in total. The minimum Gasteiger partial charge on any atom is -0.450 e. The van der Waals surface area contributed by atoms with Crippen molar-refractivity contribution in [1.82, 2.24) is 20.1 Å². The Balaban J connectivity index is 2.13. The maximum absolute atomic E-state index is 11.8. The van der Waals surface area contributed by atoms with Gasteiger partial charge in [-0.05, 0) is 19.9 Å². The SMILES string of the molecule is CCOC(=O)NC(=O)CSc1nnc(-c2cccc(C)c2)n1CCOC. The molecule has 0 saturated heterocycles. The lowest BCUT2D eigenvalue weighted by Gasteiger charge is -2.10. The van der Waals surface area contributed by atoms with Crippen LogP contribution in [0.25, 0.3) is 11.4 Å². The number of amides is 2. The first-order chi connectivity index (χ1) is 12.5. The van der Waals surface area contributed by atoms with Crippen molar-refractivity contribution in [3.63, 3.8) is 0 Å². The quantitative estimate of drug-likeness (QED) is 0.704. The average molecular weight is 378 g/mol. The predicted octanol–water partition coefficient (Wildman–Crippen LogP) is 2.26. The summed E-state index contributed by atoms with van der Waals surface area (Å²) in [5.41, 5.74) is 2.06. The van der Waals surface area contributed by atoms with E-state index in [-0.39, 0.29) is 12.4 Å². The van der Waals surface area contributed by atoms with Crippen molar-refractivity contribution >= 4 is 23.8 Å². The van der Waals surface area contributed by atoms with E-state index in [9.17, 15) is 9.59 Å². The molecule has 26 heavy (non-hydrogen) atoms. The van der Waals surface area contributed by atoms with Gasteiger partial charge in [-0.3, -0.25) is 14.7 Å². The van der Waals surface area contributed by atoms with Crippen LogP contribution < -0.4 is 5.32 Å². The lowest BCUT2D eigenvalue weighted by Crippen LogP contribution is -2.32. The van der Waals surface area contributed by atoms with Gasteiger partial charge in [0.1, 0.15) is 0 Å². The molecule has 9 heteroatoms. The van der Waals surface area contributed by atoms with Crippen molar-refractivity contribution in [1.29, 1.82) is 0 Å². The molecule has 0 radical (unpaired) electrons. The molecule has 0 aliphatic carbocycles. The number of aryl methyl sites for hydroxylation is 1. The second-order valence-corrected chi connectivity index (χ2v) is 6.32. The Morgan fingerprint density at radius 2 is 2.12 bits per heavy atom. The summed E-state index contributed by atoms with van der Waals surface area (Å²) >= 11 is 1.20. The van der Waals surface area contributed by atoms with Crippen LogP contribution in [0.3, 0.4) is 0 Å². The first-order valence-electron chi connectivity index (χ1n) is 8.13. The van der Waals surface area contributed by atoms with E-state index in [1.807, 2.05) is 35.8 Å². The summed E-state index contributed by atoms with van der Waals surface area (Å²) in [5, 5.41) is 11.2. The molecule has 2 rings (SSSR count). The van der Waals surface area contributed by atoms with Crippen LogP contribution in [-0.4, -0.2) is 52.8 Å². The fraction of sp³-hybridized carbons (Fsp3) is 0.412. The van der Waals surface area contributed by atoms with Gasteiger partial charge in [-0.25, -0.2) is 4.79 Å². The number of hydrogen-bond donors (Lipinski definition) is 1. The number of nitrogens with one attached hydrogen (secondary N) is 1. The molecule has 1 aromatic carbocycles. The summed E-state index contributed by atoms with van der Waals surface area (Å²) in [6.07, 6.45) is -0.751. The number of aromatic nitrogens is 3. The molecular formula is C17H22N4O4S. The second-order valence-electron chi connectivity index (χ2n) is 5.38. The van der Waals surface area contributed by atoms with Gasteiger partial charge in [-0.1, -0.05) is 35.5 Å². The van der Waals surface area contributed by atoms with E-state index in [1.54, 1.807) is 14.0 Å². The van der Waals surface area contributed by atoms with Crippen molar-refractivity contribution in [2.24, 2.45) is 0 Å². The highest BCUT2D eigenvalue weighted by atomic mass is 32.2. The van der Waals surface area contributed by atoms with Crippen LogP contribution in [0.2, 0.25) is 0 Å². The molecule has 1 aromatic heterocycles. The number of rotatable bonds is 8. The van der Waals surface area contributed by atoms with Crippen LogP contribution in [-0.2, 0) is 20.8 Å². The maximum atomic E-state index is 11.8. The van der Waals surface area contributed by atoms with Gasteiger partial charge in [0.15, 0.2) is 11.0 Å². The van der Waals surface area contributed by atoms with Gasteiger partial charge in [0.05, 0.1) is 25.5 Å². The zero-order valence-corrected chi connectivity index (χ0v) is 15.8. The molecule has 8 nitrogen and oxygen atoms in total. The summed E-state index contributed by atoms with van der Waals surface area (Å²) in [7, 11) is 1.62. The first kappa shape index (κ1) is 19.9. The Hall–Kier alpha value is -2.39. The molecule has 0 aliphatic rings. The van der Waals surface area contributed by atoms with Gasteiger partial charge < -0.3 is 9.47 Å². The summed E-state index contributed by atoms with van der Waals surface area (Å²) in [6, 6.07) is 7.95. The van der Waals surface area contributed by atoms with E-state index in [0.29, 0.717) is 24.1 Å². The summed E-state index contributed by atoms with van der Waals surface area (Å²) in [6.45, 7) is 4.92. The molecule has 0 spiro atoms. The highest BCUT2D eigenvalue weighted by Crippen LogP contribution is 2.24. The third kappa shape index (κ3) is 5.57. The van der Waals surface area contributed by atoms with E-state index in [1.165, 1.54) is 11.8 Å². The van der Waals surface area contributed by atoms with Crippen LogP contribution in [0.4, 0.5) is 4.79 Å². The summed E-state index contributed by atoms with van der Waals surface area (Å²) in [5.74, 6) is 0.281. The van der Waals surface area contributed by atoms with Crippen LogP contribution in [0, 0.1) is 6.92 Å². The largest absolute Gasteiger partial charge is 0.450 e. The number of imide groups is 1. The van der Waals surface area contributed by atoms with E-state index in [4.69, 9.17) is 4.74 Å². The van der Waals surface area contributed by atoms with Crippen molar-refractivity contribution < 1.29 is 19.1 Å². The van der Waals surface area contributed by atoms with E-state index >= 15 is 0 Å². The van der Waals surface area contributed by atoms with E-state index in [0.717, 1.165) is 11.1 Å². The number of carbonyl (C=O) groups is 2. The zero-order chi connectivity index (χ0) is 18.9. The summed E-state index contributed by atoms with van der Waals surface area (Å²) < 4.78 is 11.8. The number of hydrogen-bond acceptors (Lipinski definition) is 7. The molecule has 0 atom stereocenters. The predicted molar refractivity (Wildman–Crippen MR) is 98.0 cm³/mol. The number of alkyl carbamates (subject to hydrolysis) is 1. The minimum atomic E-state index is -0.751. The molecule has 1 heterocycles. The third-order valence-electron chi connectivity index (χ3n) is 3.36. The lowest BCUT2D eigenvalue weighted by atomic mass is 10.1. The molecule has 0 unspecified atom stereocenters. The molecule has 0 aliphatic heterocycles. The molecule has 0 saturated carbocycles. The number of thioether (sulfide) groups is 1. The minimum absolute atomic E-state index is 0.0255. The Morgan fingerprint density at radius 1 is 1.31 bits per heavy atom. The molecule has 140 valence electrons. The van der Waals surface area contributed by atoms with E-state index < -0.39 is 12.0 Å². The Labute approximate surface area is 156 Å². The standard InChI is InChI=1S/C17H22N4O4S/c1-4-25-17(23)18-14(22)11-26-16-20-19-15(21(16)8-9-24-3)13-7-5-6-12(2)10-13/h5-7,10H,4,8-9,11H2,1-3H3,(H,18,22,23). The van der Waals surface area contributed by atoms with Gasteiger partial charge in [-0.15, -0.1) is 10.2 Å². The van der Waals surface area contributed by atoms with Gasteiger partial charge in [-0.2, -0.15) is 0 Å². The number of nitrogens with zero attached hydrogens (tertiary/aromatic N) is 3. The summed E-state index contributed by atoms with van der Waals surface area (Å²) in [4.78, 5) is 23.1. The van der Waals surface area contributed by atoms with Crippen LogP contribution in [0.15, 0.2) is 29.4 Å². The van der Waals surface area contributed by atoms with Crippen LogP contribution in [0.1, 0.15) is 12.5 Å².